The second kappa shape index (κ2) is 10.5. The molecule has 1 aliphatic rings. The van der Waals surface area contributed by atoms with E-state index in [2.05, 4.69) is 11.4 Å². The van der Waals surface area contributed by atoms with Gasteiger partial charge in [-0.1, -0.05) is 29.8 Å². The molecule has 0 saturated carbocycles. The van der Waals surface area contributed by atoms with Crippen molar-refractivity contribution in [3.05, 3.63) is 42.0 Å². The van der Waals surface area contributed by atoms with Crippen LogP contribution in [0, 0.1) is 0 Å². The fourth-order valence-corrected chi connectivity index (χ4v) is 2.91. The molecule has 2 amide bonds. The number of benzene rings is 1. The predicted octanol–water partition coefficient (Wildman–Crippen LogP) is 4.36. The summed E-state index contributed by atoms with van der Waals surface area (Å²) in [7, 11) is 0. The summed E-state index contributed by atoms with van der Waals surface area (Å²) in [6.07, 6.45) is 8.11. The minimum atomic E-state index is -0.267. The number of allylic oxidation sites excluding steroid dienone is 1. The van der Waals surface area contributed by atoms with E-state index in [1.54, 1.807) is 11.8 Å². The van der Waals surface area contributed by atoms with Gasteiger partial charge in [0.1, 0.15) is 0 Å². The topological polar surface area (TPSA) is 58.6 Å². The molecule has 1 aromatic rings. The smallest absolute Gasteiger partial charge is 0.321 e. The molecule has 1 aromatic carbocycles. The molecule has 5 heteroatoms. The van der Waals surface area contributed by atoms with Crippen LogP contribution in [0.3, 0.4) is 0 Å². The van der Waals surface area contributed by atoms with E-state index in [9.17, 15) is 9.59 Å². The van der Waals surface area contributed by atoms with E-state index in [4.69, 9.17) is 4.74 Å². The van der Waals surface area contributed by atoms with Crippen molar-refractivity contribution < 1.29 is 14.3 Å². The summed E-state index contributed by atoms with van der Waals surface area (Å²) in [4.78, 5) is 25.9. The Hall–Kier alpha value is -2.30. The van der Waals surface area contributed by atoms with Crippen molar-refractivity contribution in [2.75, 3.05) is 25.0 Å². The van der Waals surface area contributed by atoms with Gasteiger partial charge in [-0.25, -0.2) is 4.79 Å². The second-order valence-electron chi connectivity index (χ2n) is 6.20. The number of anilines is 1. The van der Waals surface area contributed by atoms with E-state index in [0.29, 0.717) is 19.7 Å². The molecular formula is C20H28N2O3. The van der Waals surface area contributed by atoms with E-state index < -0.39 is 0 Å². The Morgan fingerprint density at radius 3 is 2.64 bits per heavy atom. The van der Waals surface area contributed by atoms with E-state index in [0.717, 1.165) is 24.9 Å². The predicted molar refractivity (Wildman–Crippen MR) is 99.5 cm³/mol. The van der Waals surface area contributed by atoms with Gasteiger partial charge in [-0.15, -0.1) is 0 Å². The quantitative estimate of drug-likeness (QED) is 0.563. The van der Waals surface area contributed by atoms with Crippen molar-refractivity contribution in [3.63, 3.8) is 0 Å². The first kappa shape index (κ1) is 19.0. The van der Waals surface area contributed by atoms with Gasteiger partial charge in [-0.3, -0.25) is 4.79 Å². The first-order chi connectivity index (χ1) is 12.2. The van der Waals surface area contributed by atoms with Crippen molar-refractivity contribution >= 4 is 17.7 Å². The number of rotatable bonds is 8. The molecule has 0 saturated heterocycles. The van der Waals surface area contributed by atoms with Crippen LogP contribution in [0.25, 0.3) is 0 Å². The van der Waals surface area contributed by atoms with E-state index in [-0.39, 0.29) is 18.4 Å². The first-order valence-electron chi connectivity index (χ1n) is 9.13. The number of nitrogens with zero attached hydrogens (tertiary/aromatic N) is 1. The average molecular weight is 344 g/mol. The molecular weight excluding hydrogens is 316 g/mol. The van der Waals surface area contributed by atoms with Gasteiger partial charge >= 0.3 is 12.0 Å². The highest BCUT2D eigenvalue weighted by Gasteiger charge is 2.16. The lowest BCUT2D eigenvalue weighted by atomic mass is 9.97. The summed E-state index contributed by atoms with van der Waals surface area (Å²) in [6, 6.07) is 9.20. The molecule has 0 bridgehead atoms. The summed E-state index contributed by atoms with van der Waals surface area (Å²) in [5.41, 5.74) is 2.17. The summed E-state index contributed by atoms with van der Waals surface area (Å²) in [5, 5.41) is 2.90. The molecule has 2 rings (SSSR count). The van der Waals surface area contributed by atoms with Crippen LogP contribution in [0.4, 0.5) is 10.5 Å². The molecule has 1 N–H and O–H groups in total. The Labute approximate surface area is 150 Å². The number of carbonyl (C=O) groups excluding carboxylic acids is 2. The van der Waals surface area contributed by atoms with Crippen LogP contribution in [0.5, 0.6) is 0 Å². The molecule has 0 atom stereocenters. The van der Waals surface area contributed by atoms with Crippen LogP contribution in [-0.2, 0) is 9.53 Å². The van der Waals surface area contributed by atoms with Gasteiger partial charge in [0.15, 0.2) is 0 Å². The van der Waals surface area contributed by atoms with Crippen LogP contribution in [-0.4, -0.2) is 36.6 Å². The van der Waals surface area contributed by atoms with Gasteiger partial charge in [0.05, 0.1) is 13.0 Å². The maximum absolute atomic E-state index is 12.6. The van der Waals surface area contributed by atoms with Crippen LogP contribution in [0.2, 0.25) is 0 Å². The number of nitrogens with one attached hydrogen (secondary N) is 1. The number of para-hydroxylation sites is 1. The molecule has 0 radical (unpaired) electrons. The summed E-state index contributed by atoms with van der Waals surface area (Å²) in [6.45, 7) is 3.13. The Morgan fingerprint density at radius 2 is 1.96 bits per heavy atom. The van der Waals surface area contributed by atoms with Crippen LogP contribution < -0.4 is 5.32 Å². The third-order valence-electron chi connectivity index (χ3n) is 4.29. The average Bonchev–Trinajstić information content (AvgIpc) is 2.63. The SMILES string of the molecule is CCOC(=O)CCN(CCC1=CCCCC1)C(=O)Nc1ccccc1. The van der Waals surface area contributed by atoms with Crippen LogP contribution >= 0.6 is 0 Å². The molecule has 136 valence electrons. The monoisotopic (exact) mass is 344 g/mol. The lowest BCUT2D eigenvalue weighted by Gasteiger charge is -2.24. The van der Waals surface area contributed by atoms with E-state index >= 15 is 0 Å². The summed E-state index contributed by atoms with van der Waals surface area (Å²) < 4.78 is 4.98. The number of amides is 2. The van der Waals surface area contributed by atoms with Crippen molar-refractivity contribution in [1.82, 2.24) is 4.90 Å². The highest BCUT2D eigenvalue weighted by molar-refractivity contribution is 5.89. The van der Waals surface area contributed by atoms with Gasteiger partial charge in [0.2, 0.25) is 0 Å². The highest BCUT2D eigenvalue weighted by atomic mass is 16.5. The standard InChI is InChI=1S/C20H28N2O3/c1-2-25-19(23)14-16-22(15-13-17-9-5-3-6-10-17)20(24)21-18-11-7-4-8-12-18/h4,7-9,11-12H,2-3,5-6,10,13-16H2,1H3,(H,21,24). The number of esters is 1. The number of hydrogen-bond donors (Lipinski definition) is 1. The zero-order valence-corrected chi connectivity index (χ0v) is 15.0. The van der Waals surface area contributed by atoms with Gasteiger partial charge in [-0.05, 0) is 51.2 Å². The zero-order valence-electron chi connectivity index (χ0n) is 15.0. The van der Waals surface area contributed by atoms with Crippen LogP contribution in [0.1, 0.15) is 45.4 Å². The lowest BCUT2D eigenvalue weighted by molar-refractivity contribution is -0.143. The minimum Gasteiger partial charge on any atom is -0.466 e. The van der Waals surface area contributed by atoms with Gasteiger partial charge < -0.3 is 15.0 Å². The molecule has 0 heterocycles. The van der Waals surface area contributed by atoms with Crippen molar-refractivity contribution in [2.24, 2.45) is 0 Å². The maximum atomic E-state index is 12.6. The third-order valence-corrected chi connectivity index (χ3v) is 4.29. The van der Waals surface area contributed by atoms with Crippen molar-refractivity contribution in [3.8, 4) is 0 Å². The first-order valence-corrected chi connectivity index (χ1v) is 9.13. The normalized spacial score (nSPS) is 13.7. The number of urea groups is 1. The van der Waals surface area contributed by atoms with Crippen LogP contribution in [0.15, 0.2) is 42.0 Å². The molecule has 0 aromatic heterocycles. The lowest BCUT2D eigenvalue weighted by Crippen LogP contribution is -2.37. The fraction of sp³-hybridized carbons (Fsp3) is 0.500. The molecule has 1 aliphatic carbocycles. The molecule has 0 aliphatic heterocycles. The third kappa shape index (κ3) is 6.99. The Kier molecular flexibility index (Phi) is 8.02. The zero-order chi connectivity index (χ0) is 17.9. The largest absolute Gasteiger partial charge is 0.466 e. The molecule has 0 spiro atoms. The van der Waals surface area contributed by atoms with Gasteiger partial charge in [0.25, 0.3) is 0 Å². The molecule has 25 heavy (non-hydrogen) atoms. The molecule has 0 fully saturated rings. The maximum Gasteiger partial charge on any atom is 0.321 e. The van der Waals surface area contributed by atoms with Crippen molar-refractivity contribution in [1.29, 1.82) is 0 Å². The number of ether oxygens (including phenoxy) is 1. The minimum absolute atomic E-state index is 0.174. The van der Waals surface area contributed by atoms with E-state index in [1.165, 1.54) is 18.4 Å². The van der Waals surface area contributed by atoms with Gasteiger partial charge in [0, 0.05) is 18.8 Å². The molecule has 5 nitrogen and oxygen atoms in total. The Bertz CT molecular complexity index is 584. The van der Waals surface area contributed by atoms with Crippen molar-refractivity contribution in [2.45, 2.75) is 45.4 Å². The summed E-state index contributed by atoms with van der Waals surface area (Å²) >= 11 is 0. The number of carbonyl (C=O) groups is 2. The molecule has 0 unspecified atom stereocenters. The Balaban J connectivity index is 1.93. The van der Waals surface area contributed by atoms with Gasteiger partial charge in [-0.2, -0.15) is 0 Å². The second-order valence-corrected chi connectivity index (χ2v) is 6.20. The van der Waals surface area contributed by atoms with E-state index in [1.807, 2.05) is 30.3 Å². The fourth-order valence-electron chi connectivity index (χ4n) is 2.91. The number of hydrogen-bond acceptors (Lipinski definition) is 3. The summed E-state index contributed by atoms with van der Waals surface area (Å²) in [5.74, 6) is -0.267. The Morgan fingerprint density at radius 1 is 1.16 bits per heavy atom. The highest BCUT2D eigenvalue weighted by Crippen LogP contribution is 2.20.